The molecule has 0 saturated heterocycles. The van der Waals surface area contributed by atoms with Gasteiger partial charge >= 0.3 is 0 Å². The molecule has 23 heavy (non-hydrogen) atoms. The molecule has 130 valence electrons. The van der Waals surface area contributed by atoms with E-state index in [0.29, 0.717) is 5.92 Å². The minimum atomic E-state index is -0.348. The van der Waals surface area contributed by atoms with E-state index < -0.39 is 0 Å². The van der Waals surface area contributed by atoms with Gasteiger partial charge in [-0.3, -0.25) is 0 Å². The maximum absolute atomic E-state index is 9.40. The van der Waals surface area contributed by atoms with Crippen LogP contribution in [-0.2, 0) is 6.42 Å². The van der Waals surface area contributed by atoms with Gasteiger partial charge in [-0.15, -0.1) is 0 Å². The standard InChI is InChI=1S/C21H35NO/c1-17(2)7-5-3-4-6-8-18-9-11-19(12-10-18)20-13-14-21(22,15-20)16-23/h9-12,17,20,23H,3-8,13-16,22H2,1-2H3/t20-,21-/m1/s1. The monoisotopic (exact) mass is 317 g/mol. The van der Waals surface area contributed by atoms with Gasteiger partial charge in [0.05, 0.1) is 6.61 Å². The number of nitrogens with two attached hydrogens (primary N) is 1. The van der Waals surface area contributed by atoms with Crippen molar-refractivity contribution in [2.75, 3.05) is 6.61 Å². The Balaban J connectivity index is 1.71. The highest BCUT2D eigenvalue weighted by molar-refractivity contribution is 5.27. The fourth-order valence-corrected chi connectivity index (χ4v) is 3.78. The van der Waals surface area contributed by atoms with Crippen LogP contribution in [0.5, 0.6) is 0 Å². The highest BCUT2D eigenvalue weighted by Crippen LogP contribution is 2.39. The van der Waals surface area contributed by atoms with Gasteiger partial charge in [-0.2, -0.15) is 0 Å². The van der Waals surface area contributed by atoms with E-state index >= 15 is 0 Å². The number of unbranched alkanes of at least 4 members (excludes halogenated alkanes) is 3. The first-order chi connectivity index (χ1) is 11.0. The van der Waals surface area contributed by atoms with Crippen molar-refractivity contribution in [1.82, 2.24) is 0 Å². The molecule has 0 bridgehead atoms. The molecule has 2 rings (SSSR count). The number of rotatable bonds is 9. The van der Waals surface area contributed by atoms with Gasteiger partial charge in [-0.1, -0.05) is 63.8 Å². The van der Waals surface area contributed by atoms with Gasteiger partial charge in [0, 0.05) is 5.54 Å². The lowest BCUT2D eigenvalue weighted by molar-refractivity contribution is 0.198. The summed E-state index contributed by atoms with van der Waals surface area (Å²) in [4.78, 5) is 0. The lowest BCUT2D eigenvalue weighted by Crippen LogP contribution is -2.40. The molecule has 2 nitrogen and oxygen atoms in total. The van der Waals surface area contributed by atoms with E-state index in [1.165, 1.54) is 49.7 Å². The second-order valence-electron chi connectivity index (χ2n) is 8.05. The lowest BCUT2D eigenvalue weighted by Gasteiger charge is -2.21. The van der Waals surface area contributed by atoms with Crippen molar-refractivity contribution in [3.05, 3.63) is 35.4 Å². The van der Waals surface area contributed by atoms with Gasteiger partial charge in [-0.25, -0.2) is 0 Å². The molecular weight excluding hydrogens is 282 g/mol. The number of benzene rings is 1. The predicted octanol–water partition coefficient (Wildman–Crippen LogP) is 4.79. The van der Waals surface area contributed by atoms with Crippen molar-refractivity contribution < 1.29 is 5.11 Å². The molecule has 1 saturated carbocycles. The summed E-state index contributed by atoms with van der Waals surface area (Å²) in [5, 5.41) is 9.40. The van der Waals surface area contributed by atoms with Crippen LogP contribution in [0, 0.1) is 5.92 Å². The third-order valence-electron chi connectivity index (χ3n) is 5.41. The summed E-state index contributed by atoms with van der Waals surface area (Å²) in [6.07, 6.45) is 10.9. The summed E-state index contributed by atoms with van der Waals surface area (Å²) in [6.45, 7) is 4.72. The van der Waals surface area contributed by atoms with Crippen LogP contribution in [0.1, 0.15) is 82.3 Å². The molecule has 1 fully saturated rings. The van der Waals surface area contributed by atoms with Crippen molar-refractivity contribution in [3.8, 4) is 0 Å². The number of aliphatic hydroxyl groups is 1. The van der Waals surface area contributed by atoms with Gasteiger partial charge in [0.1, 0.15) is 0 Å². The van der Waals surface area contributed by atoms with Crippen molar-refractivity contribution in [1.29, 1.82) is 0 Å². The zero-order valence-corrected chi connectivity index (χ0v) is 15.1. The molecule has 0 amide bonds. The number of aryl methyl sites for hydroxylation is 1. The van der Waals surface area contributed by atoms with Crippen LogP contribution in [-0.4, -0.2) is 17.3 Å². The lowest BCUT2D eigenvalue weighted by atomic mass is 9.92. The smallest absolute Gasteiger partial charge is 0.0611 e. The Morgan fingerprint density at radius 1 is 1.13 bits per heavy atom. The molecule has 1 aromatic carbocycles. The Labute approximate surface area is 142 Å². The predicted molar refractivity (Wildman–Crippen MR) is 98.7 cm³/mol. The van der Waals surface area contributed by atoms with Crippen LogP contribution in [0.3, 0.4) is 0 Å². The fourth-order valence-electron chi connectivity index (χ4n) is 3.78. The Hall–Kier alpha value is -0.860. The largest absolute Gasteiger partial charge is 0.394 e. The van der Waals surface area contributed by atoms with Crippen LogP contribution >= 0.6 is 0 Å². The molecule has 0 heterocycles. The van der Waals surface area contributed by atoms with E-state index in [1.807, 2.05) is 0 Å². The summed E-state index contributed by atoms with van der Waals surface area (Å²) in [5.41, 5.74) is 8.69. The van der Waals surface area contributed by atoms with Crippen LogP contribution in [0.4, 0.5) is 0 Å². The third kappa shape index (κ3) is 5.93. The van der Waals surface area contributed by atoms with Crippen molar-refractivity contribution in [3.63, 3.8) is 0 Å². The Morgan fingerprint density at radius 2 is 1.83 bits per heavy atom. The molecule has 0 unspecified atom stereocenters. The van der Waals surface area contributed by atoms with Crippen molar-refractivity contribution in [2.45, 2.75) is 83.1 Å². The van der Waals surface area contributed by atoms with Gasteiger partial charge in [-0.05, 0) is 55.1 Å². The van der Waals surface area contributed by atoms with E-state index in [9.17, 15) is 5.11 Å². The molecule has 2 heteroatoms. The molecular formula is C21H35NO. The number of hydrogen-bond acceptors (Lipinski definition) is 2. The van der Waals surface area contributed by atoms with Gasteiger partial charge in [0.2, 0.25) is 0 Å². The minimum absolute atomic E-state index is 0.110. The normalized spacial score (nSPS) is 24.5. The maximum Gasteiger partial charge on any atom is 0.0611 e. The van der Waals surface area contributed by atoms with E-state index in [2.05, 4.69) is 38.1 Å². The second kappa shape index (κ2) is 8.84. The van der Waals surface area contributed by atoms with Crippen LogP contribution in [0.15, 0.2) is 24.3 Å². The maximum atomic E-state index is 9.40. The van der Waals surface area contributed by atoms with E-state index in [4.69, 9.17) is 5.73 Å². The van der Waals surface area contributed by atoms with Crippen LogP contribution in [0.25, 0.3) is 0 Å². The van der Waals surface area contributed by atoms with E-state index in [0.717, 1.165) is 25.2 Å². The first-order valence-electron chi connectivity index (χ1n) is 9.51. The fraction of sp³-hybridized carbons (Fsp3) is 0.714. The molecule has 0 aromatic heterocycles. The van der Waals surface area contributed by atoms with Crippen molar-refractivity contribution in [2.24, 2.45) is 11.7 Å². The third-order valence-corrected chi connectivity index (χ3v) is 5.41. The Morgan fingerprint density at radius 3 is 2.43 bits per heavy atom. The minimum Gasteiger partial charge on any atom is -0.394 e. The van der Waals surface area contributed by atoms with Gasteiger partial charge < -0.3 is 10.8 Å². The second-order valence-corrected chi connectivity index (χ2v) is 8.05. The van der Waals surface area contributed by atoms with E-state index in [1.54, 1.807) is 0 Å². The van der Waals surface area contributed by atoms with Gasteiger partial charge in [0.25, 0.3) is 0 Å². The summed E-state index contributed by atoms with van der Waals surface area (Å²) in [6, 6.07) is 9.14. The first-order valence-corrected chi connectivity index (χ1v) is 9.51. The highest BCUT2D eigenvalue weighted by atomic mass is 16.3. The summed E-state index contributed by atoms with van der Waals surface area (Å²) in [7, 11) is 0. The van der Waals surface area contributed by atoms with Gasteiger partial charge in [0.15, 0.2) is 0 Å². The quantitative estimate of drug-likeness (QED) is 0.643. The molecule has 0 radical (unpaired) electrons. The average molecular weight is 318 g/mol. The molecule has 1 aliphatic carbocycles. The molecule has 2 atom stereocenters. The molecule has 1 aromatic rings. The topological polar surface area (TPSA) is 46.2 Å². The SMILES string of the molecule is CC(C)CCCCCCc1ccc([C@@H]2CC[C@](N)(CO)C2)cc1. The molecule has 0 aliphatic heterocycles. The Kier molecular flexibility index (Phi) is 7.10. The van der Waals surface area contributed by atoms with Crippen molar-refractivity contribution >= 4 is 0 Å². The Bertz CT molecular complexity index is 453. The van der Waals surface area contributed by atoms with Crippen LogP contribution in [0.2, 0.25) is 0 Å². The van der Waals surface area contributed by atoms with E-state index in [-0.39, 0.29) is 12.1 Å². The zero-order valence-electron chi connectivity index (χ0n) is 15.1. The highest BCUT2D eigenvalue weighted by Gasteiger charge is 2.35. The summed E-state index contributed by atoms with van der Waals surface area (Å²) < 4.78 is 0. The zero-order chi connectivity index (χ0) is 16.7. The first kappa shape index (κ1) is 18.5. The molecule has 3 N–H and O–H groups in total. The summed E-state index contributed by atoms with van der Waals surface area (Å²) in [5.74, 6) is 1.37. The average Bonchev–Trinajstić information content (AvgIpc) is 2.94. The number of hydrogen-bond donors (Lipinski definition) is 2. The van der Waals surface area contributed by atoms with Crippen LogP contribution < -0.4 is 5.73 Å². The number of aliphatic hydroxyl groups excluding tert-OH is 1. The summed E-state index contributed by atoms with van der Waals surface area (Å²) >= 11 is 0. The molecule has 0 spiro atoms. The molecule has 1 aliphatic rings.